The predicted molar refractivity (Wildman–Crippen MR) is 79.1 cm³/mol. The summed E-state index contributed by atoms with van der Waals surface area (Å²) >= 11 is 0. The van der Waals surface area contributed by atoms with Crippen LogP contribution in [0.4, 0.5) is 0 Å². The fourth-order valence-corrected chi connectivity index (χ4v) is 3.21. The first-order valence-corrected chi connectivity index (χ1v) is 7.74. The van der Waals surface area contributed by atoms with Crippen molar-refractivity contribution in [3.8, 4) is 0 Å². The maximum atomic E-state index is 5.95. The summed E-state index contributed by atoms with van der Waals surface area (Å²) in [7, 11) is 0. The van der Waals surface area contributed by atoms with Gasteiger partial charge in [-0.3, -0.25) is 0 Å². The summed E-state index contributed by atoms with van der Waals surface area (Å²) in [5.41, 5.74) is 1.35. The van der Waals surface area contributed by atoms with Gasteiger partial charge < -0.3 is 15.1 Å². The van der Waals surface area contributed by atoms with Crippen molar-refractivity contribution in [1.82, 2.24) is 20.8 Å². The molecule has 1 aromatic heterocycles. The molecule has 2 aromatic rings. The van der Waals surface area contributed by atoms with E-state index in [-0.39, 0.29) is 6.04 Å². The van der Waals surface area contributed by atoms with Crippen LogP contribution in [-0.2, 0) is 0 Å². The van der Waals surface area contributed by atoms with Crippen LogP contribution in [0.1, 0.15) is 48.1 Å². The van der Waals surface area contributed by atoms with Crippen molar-refractivity contribution in [2.75, 3.05) is 19.6 Å². The number of aromatic nitrogens is 2. The lowest BCUT2D eigenvalue weighted by molar-refractivity contribution is 0.279. The summed E-state index contributed by atoms with van der Waals surface area (Å²) in [6, 6.07) is 10.8. The fourth-order valence-electron chi connectivity index (χ4n) is 3.21. The minimum Gasteiger partial charge on any atom is -0.423 e. The second kappa shape index (κ2) is 5.58. The molecule has 2 saturated heterocycles. The van der Waals surface area contributed by atoms with Crippen molar-refractivity contribution in [2.45, 2.75) is 30.7 Å². The third-order valence-corrected chi connectivity index (χ3v) is 4.54. The highest BCUT2D eigenvalue weighted by Gasteiger charge is 2.33. The van der Waals surface area contributed by atoms with Gasteiger partial charge in [-0.1, -0.05) is 30.3 Å². The predicted octanol–water partition coefficient (Wildman–Crippen LogP) is 1.96. The monoisotopic (exact) mass is 284 g/mol. The van der Waals surface area contributed by atoms with E-state index in [2.05, 4.69) is 51.2 Å². The Morgan fingerprint density at radius 3 is 2.62 bits per heavy atom. The maximum absolute atomic E-state index is 5.95. The molecule has 2 aliphatic heterocycles. The third kappa shape index (κ3) is 2.47. The SMILES string of the molecule is c1ccc(C2CCCNC2c2nnc(C3CNC3)o2)cc1. The Bertz CT molecular complexity index is 593. The Morgan fingerprint density at radius 2 is 1.86 bits per heavy atom. The lowest BCUT2D eigenvalue weighted by atomic mass is 9.85. The molecular weight excluding hydrogens is 264 g/mol. The molecule has 2 N–H and O–H groups in total. The standard InChI is InChI=1S/C16H20N4O/c1-2-5-11(6-3-1)13-7-4-8-18-14(13)16-20-19-15(21-16)12-9-17-10-12/h1-3,5-6,12-14,17-18H,4,7-10H2. The Morgan fingerprint density at radius 1 is 1.05 bits per heavy atom. The van der Waals surface area contributed by atoms with E-state index in [0.717, 1.165) is 37.8 Å². The van der Waals surface area contributed by atoms with E-state index >= 15 is 0 Å². The van der Waals surface area contributed by atoms with Gasteiger partial charge >= 0.3 is 0 Å². The van der Waals surface area contributed by atoms with E-state index in [4.69, 9.17) is 4.42 Å². The Labute approximate surface area is 124 Å². The molecule has 0 spiro atoms. The molecule has 0 aliphatic carbocycles. The number of piperidine rings is 1. The van der Waals surface area contributed by atoms with Crippen LogP contribution in [0.2, 0.25) is 0 Å². The van der Waals surface area contributed by atoms with Gasteiger partial charge in [-0.15, -0.1) is 10.2 Å². The molecule has 0 radical (unpaired) electrons. The molecule has 2 fully saturated rings. The molecule has 1 aromatic carbocycles. The summed E-state index contributed by atoms with van der Waals surface area (Å²) in [6.45, 7) is 2.90. The van der Waals surface area contributed by atoms with Gasteiger partial charge in [0.2, 0.25) is 11.8 Å². The molecular formula is C16H20N4O. The van der Waals surface area contributed by atoms with E-state index in [1.54, 1.807) is 0 Å². The number of nitrogens with one attached hydrogen (secondary N) is 2. The van der Waals surface area contributed by atoms with Crippen LogP contribution < -0.4 is 10.6 Å². The average molecular weight is 284 g/mol. The van der Waals surface area contributed by atoms with E-state index in [9.17, 15) is 0 Å². The van der Waals surface area contributed by atoms with Gasteiger partial charge in [0.25, 0.3) is 0 Å². The normalized spacial score (nSPS) is 26.5. The van der Waals surface area contributed by atoms with Gasteiger partial charge in [0.15, 0.2) is 0 Å². The van der Waals surface area contributed by atoms with Gasteiger partial charge in [-0.05, 0) is 24.9 Å². The topological polar surface area (TPSA) is 63.0 Å². The molecule has 110 valence electrons. The zero-order chi connectivity index (χ0) is 14.1. The van der Waals surface area contributed by atoms with Crippen molar-refractivity contribution in [3.05, 3.63) is 47.7 Å². The smallest absolute Gasteiger partial charge is 0.234 e. The van der Waals surface area contributed by atoms with Gasteiger partial charge in [-0.2, -0.15) is 0 Å². The lowest BCUT2D eigenvalue weighted by Crippen LogP contribution is -2.40. The number of rotatable bonds is 3. The van der Waals surface area contributed by atoms with Crippen molar-refractivity contribution in [3.63, 3.8) is 0 Å². The molecule has 5 heteroatoms. The van der Waals surface area contributed by atoms with Crippen LogP contribution in [0, 0.1) is 0 Å². The fraction of sp³-hybridized carbons (Fsp3) is 0.500. The van der Waals surface area contributed by atoms with Crippen LogP contribution in [0.5, 0.6) is 0 Å². The minimum absolute atomic E-state index is 0.135. The molecule has 2 atom stereocenters. The molecule has 21 heavy (non-hydrogen) atoms. The summed E-state index contributed by atoms with van der Waals surface area (Å²) in [4.78, 5) is 0. The minimum atomic E-state index is 0.135. The molecule has 2 aliphatic rings. The first-order chi connectivity index (χ1) is 10.4. The van der Waals surface area contributed by atoms with E-state index in [1.807, 2.05) is 0 Å². The quantitative estimate of drug-likeness (QED) is 0.902. The average Bonchev–Trinajstić information content (AvgIpc) is 2.96. The lowest BCUT2D eigenvalue weighted by Gasteiger charge is -2.30. The van der Waals surface area contributed by atoms with E-state index < -0.39 is 0 Å². The number of hydrogen-bond donors (Lipinski definition) is 2. The maximum Gasteiger partial charge on any atom is 0.234 e. The second-order valence-corrected chi connectivity index (χ2v) is 5.92. The van der Waals surface area contributed by atoms with Crippen LogP contribution in [0.15, 0.2) is 34.7 Å². The number of hydrogen-bond acceptors (Lipinski definition) is 5. The first kappa shape index (κ1) is 13.0. The zero-order valence-electron chi connectivity index (χ0n) is 12.0. The van der Waals surface area contributed by atoms with Crippen molar-refractivity contribution < 1.29 is 4.42 Å². The van der Waals surface area contributed by atoms with Gasteiger partial charge in [0.1, 0.15) is 0 Å². The number of nitrogens with zero attached hydrogens (tertiary/aromatic N) is 2. The summed E-state index contributed by atoms with van der Waals surface area (Å²) in [6.07, 6.45) is 2.34. The van der Waals surface area contributed by atoms with Gasteiger partial charge in [-0.25, -0.2) is 0 Å². The molecule has 5 nitrogen and oxygen atoms in total. The molecule has 4 rings (SSSR count). The molecule has 0 bridgehead atoms. The second-order valence-electron chi connectivity index (χ2n) is 5.92. The van der Waals surface area contributed by atoms with Crippen LogP contribution in [0.3, 0.4) is 0 Å². The highest BCUT2D eigenvalue weighted by atomic mass is 16.4. The Hall–Kier alpha value is -1.72. The molecule has 0 amide bonds. The van der Waals surface area contributed by atoms with Gasteiger partial charge in [0, 0.05) is 19.0 Å². The van der Waals surface area contributed by atoms with Gasteiger partial charge in [0.05, 0.1) is 12.0 Å². The summed E-state index contributed by atoms with van der Waals surface area (Å²) < 4.78 is 5.95. The highest BCUT2D eigenvalue weighted by molar-refractivity contribution is 5.23. The highest BCUT2D eigenvalue weighted by Crippen LogP contribution is 2.37. The molecule has 2 unspecified atom stereocenters. The van der Waals surface area contributed by atoms with Crippen molar-refractivity contribution in [2.24, 2.45) is 0 Å². The molecule has 0 saturated carbocycles. The zero-order valence-corrected chi connectivity index (χ0v) is 12.0. The Balaban J connectivity index is 1.60. The largest absolute Gasteiger partial charge is 0.423 e. The van der Waals surface area contributed by atoms with E-state index in [0.29, 0.717) is 11.8 Å². The molecule has 3 heterocycles. The number of benzene rings is 1. The van der Waals surface area contributed by atoms with Crippen molar-refractivity contribution in [1.29, 1.82) is 0 Å². The summed E-state index contributed by atoms with van der Waals surface area (Å²) in [5.74, 6) is 2.33. The van der Waals surface area contributed by atoms with Crippen LogP contribution in [0.25, 0.3) is 0 Å². The summed E-state index contributed by atoms with van der Waals surface area (Å²) in [5, 5.41) is 15.4. The van der Waals surface area contributed by atoms with E-state index in [1.165, 1.54) is 12.0 Å². The first-order valence-electron chi connectivity index (χ1n) is 7.74. The van der Waals surface area contributed by atoms with Crippen LogP contribution >= 0.6 is 0 Å². The Kier molecular flexibility index (Phi) is 3.45. The van der Waals surface area contributed by atoms with Crippen molar-refractivity contribution >= 4 is 0 Å². The third-order valence-electron chi connectivity index (χ3n) is 4.54. The van der Waals surface area contributed by atoms with Crippen LogP contribution in [-0.4, -0.2) is 29.8 Å².